The Labute approximate surface area is 142 Å². The van der Waals surface area contributed by atoms with Gasteiger partial charge in [-0.3, -0.25) is 9.59 Å². The molecule has 1 aliphatic heterocycles. The molecule has 124 valence electrons. The van der Waals surface area contributed by atoms with Crippen molar-refractivity contribution in [1.82, 2.24) is 5.32 Å². The van der Waals surface area contributed by atoms with E-state index < -0.39 is 6.04 Å². The molecule has 2 amide bonds. The van der Waals surface area contributed by atoms with Crippen molar-refractivity contribution in [2.75, 3.05) is 11.4 Å². The molecule has 1 heterocycles. The second kappa shape index (κ2) is 6.48. The Kier molecular flexibility index (Phi) is 4.38. The first kappa shape index (κ1) is 16.2. The van der Waals surface area contributed by atoms with Crippen molar-refractivity contribution in [3.05, 3.63) is 64.7 Å². The van der Waals surface area contributed by atoms with Crippen LogP contribution in [0.5, 0.6) is 0 Å². The van der Waals surface area contributed by atoms with Gasteiger partial charge in [-0.25, -0.2) is 0 Å². The number of amides is 2. The summed E-state index contributed by atoms with van der Waals surface area (Å²) in [7, 11) is 0. The van der Waals surface area contributed by atoms with Crippen LogP contribution in [0.3, 0.4) is 0 Å². The number of nitrogens with one attached hydrogen (secondary N) is 1. The summed E-state index contributed by atoms with van der Waals surface area (Å²) >= 11 is 0. The van der Waals surface area contributed by atoms with Crippen LogP contribution in [0.1, 0.15) is 33.5 Å². The van der Waals surface area contributed by atoms with Crippen molar-refractivity contribution < 1.29 is 9.59 Å². The van der Waals surface area contributed by atoms with E-state index in [4.69, 9.17) is 0 Å². The molecule has 0 unspecified atom stereocenters. The SMILES string of the molecule is Cc1ccc(N2CC[C@@H](NC(=O)c3cc(C)cc(C)c3)C2=O)cc1. The van der Waals surface area contributed by atoms with Gasteiger partial charge in [0.1, 0.15) is 6.04 Å². The predicted octanol–water partition coefficient (Wildman–Crippen LogP) is 3.15. The molecule has 1 atom stereocenters. The number of hydrogen-bond acceptors (Lipinski definition) is 2. The zero-order chi connectivity index (χ0) is 17.3. The number of aryl methyl sites for hydroxylation is 3. The Morgan fingerprint density at radius 2 is 1.62 bits per heavy atom. The van der Waals surface area contributed by atoms with Gasteiger partial charge in [-0.15, -0.1) is 0 Å². The maximum absolute atomic E-state index is 12.6. The largest absolute Gasteiger partial charge is 0.340 e. The number of hydrogen-bond donors (Lipinski definition) is 1. The summed E-state index contributed by atoms with van der Waals surface area (Å²) in [5.74, 6) is -0.234. The Balaban J connectivity index is 1.71. The molecule has 3 rings (SSSR count). The minimum Gasteiger partial charge on any atom is -0.340 e. The lowest BCUT2D eigenvalue weighted by atomic mass is 10.1. The fraction of sp³-hybridized carbons (Fsp3) is 0.300. The molecular weight excluding hydrogens is 300 g/mol. The maximum atomic E-state index is 12.6. The molecule has 0 aliphatic carbocycles. The van der Waals surface area contributed by atoms with Crippen LogP contribution in [0.2, 0.25) is 0 Å². The van der Waals surface area contributed by atoms with E-state index in [1.165, 1.54) is 0 Å². The first-order chi connectivity index (χ1) is 11.4. The van der Waals surface area contributed by atoms with Crippen LogP contribution in [-0.2, 0) is 4.79 Å². The average molecular weight is 322 g/mol. The summed E-state index contributed by atoms with van der Waals surface area (Å²) in [5, 5.41) is 2.88. The van der Waals surface area contributed by atoms with Gasteiger partial charge < -0.3 is 10.2 Å². The Morgan fingerprint density at radius 3 is 2.25 bits per heavy atom. The van der Waals surface area contributed by atoms with Gasteiger partial charge in [0.15, 0.2) is 0 Å². The summed E-state index contributed by atoms with van der Waals surface area (Å²) in [5.41, 5.74) is 4.73. The van der Waals surface area contributed by atoms with Crippen LogP contribution >= 0.6 is 0 Å². The van der Waals surface area contributed by atoms with E-state index in [1.807, 2.05) is 63.2 Å². The molecule has 0 aromatic heterocycles. The molecule has 2 aromatic rings. The lowest BCUT2D eigenvalue weighted by Crippen LogP contribution is -2.41. The number of benzene rings is 2. The van der Waals surface area contributed by atoms with Crippen molar-refractivity contribution in [1.29, 1.82) is 0 Å². The van der Waals surface area contributed by atoms with Crippen LogP contribution in [0.4, 0.5) is 5.69 Å². The molecule has 1 aliphatic rings. The van der Waals surface area contributed by atoms with Crippen LogP contribution in [0, 0.1) is 20.8 Å². The summed E-state index contributed by atoms with van der Waals surface area (Å²) in [4.78, 5) is 26.8. The first-order valence-corrected chi connectivity index (χ1v) is 8.21. The van der Waals surface area contributed by atoms with Gasteiger partial charge in [-0.1, -0.05) is 34.9 Å². The van der Waals surface area contributed by atoms with Gasteiger partial charge in [0, 0.05) is 17.8 Å². The standard InChI is InChI=1S/C20H22N2O2/c1-13-4-6-17(7-5-13)22-9-8-18(20(22)24)21-19(23)16-11-14(2)10-15(3)12-16/h4-7,10-12,18H,8-9H2,1-3H3,(H,21,23)/t18-/m1/s1. The monoisotopic (exact) mass is 322 g/mol. The van der Waals surface area contributed by atoms with Gasteiger partial charge in [0.05, 0.1) is 0 Å². The van der Waals surface area contributed by atoms with Gasteiger partial charge in [0.25, 0.3) is 5.91 Å². The van der Waals surface area contributed by atoms with E-state index in [2.05, 4.69) is 5.32 Å². The highest BCUT2D eigenvalue weighted by molar-refractivity contribution is 6.04. The highest BCUT2D eigenvalue weighted by atomic mass is 16.2. The zero-order valence-corrected chi connectivity index (χ0v) is 14.3. The summed E-state index contributed by atoms with van der Waals surface area (Å²) in [6.07, 6.45) is 0.628. The van der Waals surface area contributed by atoms with Gasteiger partial charge in [-0.2, -0.15) is 0 Å². The fourth-order valence-electron chi connectivity index (χ4n) is 3.14. The summed E-state index contributed by atoms with van der Waals surface area (Å²) in [6, 6.07) is 13.1. The quantitative estimate of drug-likeness (QED) is 0.944. The van der Waals surface area contributed by atoms with Crippen molar-refractivity contribution >= 4 is 17.5 Å². The molecule has 2 aromatic carbocycles. The minimum atomic E-state index is -0.459. The zero-order valence-electron chi connectivity index (χ0n) is 14.3. The molecule has 0 spiro atoms. The molecule has 0 radical (unpaired) electrons. The molecule has 0 saturated carbocycles. The lowest BCUT2D eigenvalue weighted by molar-refractivity contribution is -0.118. The first-order valence-electron chi connectivity index (χ1n) is 8.21. The van der Waals surface area contributed by atoms with E-state index in [0.717, 1.165) is 22.4 Å². The Hall–Kier alpha value is -2.62. The predicted molar refractivity (Wildman–Crippen MR) is 95.3 cm³/mol. The second-order valence-electron chi connectivity index (χ2n) is 6.52. The normalized spacial score (nSPS) is 17.2. The van der Waals surface area contributed by atoms with Gasteiger partial charge in [0.2, 0.25) is 5.91 Å². The maximum Gasteiger partial charge on any atom is 0.251 e. The number of carbonyl (C=O) groups excluding carboxylic acids is 2. The third-order valence-electron chi connectivity index (χ3n) is 4.34. The molecule has 24 heavy (non-hydrogen) atoms. The molecule has 4 nitrogen and oxygen atoms in total. The number of rotatable bonds is 3. The van der Waals surface area contributed by atoms with E-state index >= 15 is 0 Å². The molecule has 1 saturated heterocycles. The van der Waals surface area contributed by atoms with E-state index in [1.54, 1.807) is 4.90 Å². The minimum absolute atomic E-state index is 0.0448. The van der Waals surface area contributed by atoms with Crippen LogP contribution in [0.25, 0.3) is 0 Å². The number of anilines is 1. The van der Waals surface area contributed by atoms with Crippen molar-refractivity contribution in [3.8, 4) is 0 Å². The van der Waals surface area contributed by atoms with E-state index in [0.29, 0.717) is 18.5 Å². The molecule has 1 N–H and O–H groups in total. The molecule has 4 heteroatoms. The van der Waals surface area contributed by atoms with Crippen LogP contribution in [-0.4, -0.2) is 24.4 Å². The number of carbonyl (C=O) groups is 2. The lowest BCUT2D eigenvalue weighted by Gasteiger charge is -2.17. The highest BCUT2D eigenvalue weighted by Gasteiger charge is 2.33. The molecule has 0 bridgehead atoms. The Morgan fingerprint density at radius 1 is 1.00 bits per heavy atom. The fourth-order valence-corrected chi connectivity index (χ4v) is 3.14. The molecule has 1 fully saturated rings. The second-order valence-corrected chi connectivity index (χ2v) is 6.52. The van der Waals surface area contributed by atoms with Crippen LogP contribution in [0.15, 0.2) is 42.5 Å². The average Bonchev–Trinajstić information content (AvgIpc) is 2.88. The topological polar surface area (TPSA) is 49.4 Å². The van der Waals surface area contributed by atoms with E-state index in [9.17, 15) is 9.59 Å². The smallest absolute Gasteiger partial charge is 0.251 e. The van der Waals surface area contributed by atoms with Gasteiger partial charge in [-0.05, 0) is 51.5 Å². The third-order valence-corrected chi connectivity index (χ3v) is 4.34. The summed E-state index contributed by atoms with van der Waals surface area (Å²) < 4.78 is 0. The summed E-state index contributed by atoms with van der Waals surface area (Å²) in [6.45, 7) is 6.56. The third kappa shape index (κ3) is 3.32. The van der Waals surface area contributed by atoms with Crippen molar-refractivity contribution in [3.63, 3.8) is 0 Å². The van der Waals surface area contributed by atoms with Gasteiger partial charge >= 0.3 is 0 Å². The van der Waals surface area contributed by atoms with E-state index in [-0.39, 0.29) is 11.8 Å². The van der Waals surface area contributed by atoms with Crippen LogP contribution < -0.4 is 10.2 Å². The Bertz CT molecular complexity index is 760. The van der Waals surface area contributed by atoms with Crippen molar-refractivity contribution in [2.24, 2.45) is 0 Å². The molecular formula is C20H22N2O2. The highest BCUT2D eigenvalue weighted by Crippen LogP contribution is 2.22. The van der Waals surface area contributed by atoms with Crippen molar-refractivity contribution in [2.45, 2.75) is 33.2 Å². The number of nitrogens with zero attached hydrogens (tertiary/aromatic N) is 1.